The predicted octanol–water partition coefficient (Wildman–Crippen LogP) is 6.14. The lowest BCUT2D eigenvalue weighted by molar-refractivity contribution is 0.102. The van der Waals surface area contributed by atoms with Gasteiger partial charge in [-0.3, -0.25) is 4.79 Å². The van der Waals surface area contributed by atoms with Gasteiger partial charge in [-0.1, -0.05) is 54.1 Å². The first-order chi connectivity index (χ1) is 14.1. The van der Waals surface area contributed by atoms with Gasteiger partial charge in [0.2, 0.25) is 0 Å². The van der Waals surface area contributed by atoms with E-state index in [-0.39, 0.29) is 5.78 Å². The number of hydrogen-bond acceptors (Lipinski definition) is 3. The van der Waals surface area contributed by atoms with E-state index in [4.69, 9.17) is 21.1 Å². The van der Waals surface area contributed by atoms with Crippen LogP contribution in [0.4, 0.5) is 0 Å². The fraction of sp³-hybridized carbons (Fsp3) is 0.160. The summed E-state index contributed by atoms with van der Waals surface area (Å²) in [5.41, 5.74) is 4.69. The average Bonchev–Trinajstić information content (AvgIpc) is 2.76. The molecular weight excluding hydrogens is 384 g/mol. The third kappa shape index (κ3) is 4.36. The van der Waals surface area contributed by atoms with Crippen molar-refractivity contribution in [3.63, 3.8) is 0 Å². The van der Waals surface area contributed by atoms with Crippen molar-refractivity contribution in [2.24, 2.45) is 0 Å². The molecule has 0 aliphatic heterocycles. The summed E-state index contributed by atoms with van der Waals surface area (Å²) in [7, 11) is 1.61. The second kappa shape index (κ2) is 8.54. The zero-order valence-corrected chi connectivity index (χ0v) is 16.9. The van der Waals surface area contributed by atoms with Crippen LogP contribution in [0.25, 0.3) is 6.08 Å². The molecule has 0 bridgehead atoms. The summed E-state index contributed by atoms with van der Waals surface area (Å²) < 4.78 is 11.4. The molecule has 0 atom stereocenters. The molecule has 4 heteroatoms. The first-order valence-corrected chi connectivity index (χ1v) is 9.90. The van der Waals surface area contributed by atoms with Crippen LogP contribution in [0.1, 0.15) is 33.5 Å². The fourth-order valence-corrected chi connectivity index (χ4v) is 3.62. The van der Waals surface area contributed by atoms with Crippen LogP contribution in [0.3, 0.4) is 0 Å². The van der Waals surface area contributed by atoms with Gasteiger partial charge in [0.25, 0.3) is 0 Å². The van der Waals surface area contributed by atoms with Crippen LogP contribution >= 0.6 is 11.6 Å². The monoisotopic (exact) mass is 404 g/mol. The minimum atomic E-state index is 0.105. The number of Topliss-reactive ketones (excluding diaryl/α,β-unsaturated/α-hetero) is 1. The number of allylic oxidation sites excluding steroid dienone is 1. The molecule has 0 heterocycles. The molecule has 0 aromatic heterocycles. The number of methoxy groups -OCH3 is 1. The molecule has 0 N–H and O–H groups in total. The number of ketones is 1. The van der Waals surface area contributed by atoms with E-state index < -0.39 is 0 Å². The second-order valence-electron chi connectivity index (χ2n) is 6.98. The summed E-state index contributed by atoms with van der Waals surface area (Å²) in [5, 5.41) is 0.698. The Bertz CT molecular complexity index is 1070. The first kappa shape index (κ1) is 19.3. The van der Waals surface area contributed by atoms with Gasteiger partial charge >= 0.3 is 0 Å². The SMILES string of the molecule is COc1cc(/C=C2/CCc3ccccc3C2=O)ccc1OCc1ccc(Cl)cc1. The highest BCUT2D eigenvalue weighted by Gasteiger charge is 2.21. The number of fused-ring (bicyclic) bond motifs is 1. The van der Waals surface area contributed by atoms with Crippen molar-refractivity contribution in [3.05, 3.63) is 99.6 Å². The summed E-state index contributed by atoms with van der Waals surface area (Å²) >= 11 is 5.92. The smallest absolute Gasteiger partial charge is 0.189 e. The summed E-state index contributed by atoms with van der Waals surface area (Å²) in [6.07, 6.45) is 3.57. The topological polar surface area (TPSA) is 35.5 Å². The van der Waals surface area contributed by atoms with Crippen LogP contribution in [0.15, 0.2) is 72.3 Å². The Morgan fingerprint density at radius 3 is 2.55 bits per heavy atom. The molecule has 0 saturated heterocycles. The number of halogens is 1. The van der Waals surface area contributed by atoms with Crippen molar-refractivity contribution in [2.75, 3.05) is 7.11 Å². The summed E-state index contributed by atoms with van der Waals surface area (Å²) in [6.45, 7) is 0.420. The quantitative estimate of drug-likeness (QED) is 0.479. The van der Waals surface area contributed by atoms with Crippen molar-refractivity contribution in [3.8, 4) is 11.5 Å². The van der Waals surface area contributed by atoms with E-state index in [0.717, 1.165) is 40.7 Å². The lowest BCUT2D eigenvalue weighted by Gasteiger charge is -2.17. The van der Waals surface area contributed by atoms with E-state index >= 15 is 0 Å². The van der Waals surface area contributed by atoms with Gasteiger partial charge in [0, 0.05) is 16.2 Å². The van der Waals surface area contributed by atoms with Crippen molar-refractivity contribution >= 4 is 23.5 Å². The van der Waals surface area contributed by atoms with Gasteiger partial charge in [0.15, 0.2) is 17.3 Å². The molecule has 4 rings (SSSR count). The maximum atomic E-state index is 12.8. The van der Waals surface area contributed by atoms with Gasteiger partial charge in [0.1, 0.15) is 6.61 Å². The maximum absolute atomic E-state index is 12.8. The lowest BCUT2D eigenvalue weighted by Crippen LogP contribution is -2.13. The Balaban J connectivity index is 1.53. The Labute approximate surface area is 175 Å². The third-order valence-corrected chi connectivity index (χ3v) is 5.31. The highest BCUT2D eigenvalue weighted by atomic mass is 35.5. The Kier molecular flexibility index (Phi) is 5.68. The second-order valence-corrected chi connectivity index (χ2v) is 7.42. The maximum Gasteiger partial charge on any atom is 0.189 e. The highest BCUT2D eigenvalue weighted by molar-refractivity contribution is 6.30. The Morgan fingerprint density at radius 2 is 1.76 bits per heavy atom. The molecule has 3 aromatic carbocycles. The largest absolute Gasteiger partial charge is 0.493 e. The molecule has 1 aliphatic rings. The van der Waals surface area contributed by atoms with E-state index in [1.54, 1.807) is 7.11 Å². The molecular formula is C25H21ClO3. The average molecular weight is 405 g/mol. The van der Waals surface area contributed by atoms with Gasteiger partial charge in [-0.05, 0) is 59.9 Å². The van der Waals surface area contributed by atoms with Crippen LogP contribution in [0.5, 0.6) is 11.5 Å². The van der Waals surface area contributed by atoms with Gasteiger partial charge in [-0.2, -0.15) is 0 Å². The molecule has 0 saturated carbocycles. The minimum Gasteiger partial charge on any atom is -0.493 e. The molecule has 29 heavy (non-hydrogen) atoms. The van der Waals surface area contributed by atoms with E-state index in [0.29, 0.717) is 23.1 Å². The molecule has 3 nitrogen and oxygen atoms in total. The van der Waals surface area contributed by atoms with E-state index in [1.165, 1.54) is 0 Å². The summed E-state index contributed by atoms with van der Waals surface area (Å²) in [4.78, 5) is 12.8. The van der Waals surface area contributed by atoms with Crippen LogP contribution < -0.4 is 9.47 Å². The van der Waals surface area contributed by atoms with Gasteiger partial charge in [-0.15, -0.1) is 0 Å². The predicted molar refractivity (Wildman–Crippen MR) is 116 cm³/mol. The normalized spacial score (nSPS) is 14.6. The van der Waals surface area contributed by atoms with Crippen molar-refractivity contribution < 1.29 is 14.3 Å². The van der Waals surface area contributed by atoms with Gasteiger partial charge in [-0.25, -0.2) is 0 Å². The molecule has 0 amide bonds. The number of rotatable bonds is 5. The third-order valence-electron chi connectivity index (χ3n) is 5.05. The van der Waals surface area contributed by atoms with Crippen LogP contribution in [0.2, 0.25) is 5.02 Å². The number of carbonyl (C=O) groups excluding carboxylic acids is 1. The number of aryl methyl sites for hydroxylation is 1. The van der Waals surface area contributed by atoms with Crippen molar-refractivity contribution in [1.82, 2.24) is 0 Å². The van der Waals surface area contributed by atoms with Crippen molar-refractivity contribution in [1.29, 1.82) is 0 Å². The fourth-order valence-electron chi connectivity index (χ4n) is 3.49. The Morgan fingerprint density at radius 1 is 0.966 bits per heavy atom. The first-order valence-electron chi connectivity index (χ1n) is 9.52. The summed E-state index contributed by atoms with van der Waals surface area (Å²) in [6, 6.07) is 21.1. The summed E-state index contributed by atoms with van der Waals surface area (Å²) in [5.74, 6) is 1.40. The zero-order valence-electron chi connectivity index (χ0n) is 16.2. The number of benzene rings is 3. The molecule has 0 unspecified atom stereocenters. The van der Waals surface area contributed by atoms with E-state index in [9.17, 15) is 4.79 Å². The molecule has 146 valence electrons. The van der Waals surface area contributed by atoms with E-state index in [2.05, 4.69) is 0 Å². The number of ether oxygens (including phenoxy) is 2. The Hall–Kier alpha value is -3.04. The lowest BCUT2D eigenvalue weighted by atomic mass is 9.86. The van der Waals surface area contributed by atoms with Crippen LogP contribution in [-0.4, -0.2) is 12.9 Å². The molecule has 3 aromatic rings. The van der Waals surface area contributed by atoms with Crippen LogP contribution in [0, 0.1) is 0 Å². The molecule has 0 fully saturated rings. The van der Waals surface area contributed by atoms with Crippen LogP contribution in [-0.2, 0) is 13.0 Å². The van der Waals surface area contributed by atoms with Crippen molar-refractivity contribution in [2.45, 2.75) is 19.4 Å². The number of carbonyl (C=O) groups is 1. The van der Waals surface area contributed by atoms with Gasteiger partial charge < -0.3 is 9.47 Å². The highest BCUT2D eigenvalue weighted by Crippen LogP contribution is 2.32. The zero-order chi connectivity index (χ0) is 20.2. The molecule has 0 radical (unpaired) electrons. The minimum absolute atomic E-state index is 0.105. The van der Waals surface area contributed by atoms with Gasteiger partial charge in [0.05, 0.1) is 7.11 Å². The van der Waals surface area contributed by atoms with E-state index in [1.807, 2.05) is 72.8 Å². The molecule has 0 spiro atoms. The molecule has 1 aliphatic carbocycles. The number of hydrogen-bond donors (Lipinski definition) is 0. The standard InChI is InChI=1S/C25H21ClO3/c1-28-24-15-18(8-13-23(24)29-16-17-6-11-21(26)12-7-17)14-20-10-9-19-4-2-3-5-22(19)25(20)27/h2-8,11-15H,9-10,16H2,1H3/b20-14-.